The van der Waals surface area contributed by atoms with Crippen LogP contribution in [0.2, 0.25) is 0 Å². The van der Waals surface area contributed by atoms with Crippen molar-refractivity contribution in [2.45, 2.75) is 25.7 Å². The fourth-order valence-electron chi connectivity index (χ4n) is 2.99. The van der Waals surface area contributed by atoms with Crippen LogP contribution in [0, 0.1) is 11.3 Å². The Kier molecular flexibility index (Phi) is 3.78. The van der Waals surface area contributed by atoms with E-state index in [-0.39, 0.29) is 11.4 Å². The summed E-state index contributed by atoms with van der Waals surface area (Å²) in [6, 6.07) is 7.63. The molecule has 0 aliphatic heterocycles. The van der Waals surface area contributed by atoms with Gasteiger partial charge in [-0.1, -0.05) is 12.1 Å². The molecule has 0 spiro atoms. The second-order valence-corrected chi connectivity index (χ2v) is 5.70. The summed E-state index contributed by atoms with van der Waals surface area (Å²) in [6.07, 6.45) is 4.11. The van der Waals surface area contributed by atoms with Crippen LogP contribution in [0.3, 0.4) is 0 Å². The highest BCUT2D eigenvalue weighted by molar-refractivity contribution is 5.46. The van der Waals surface area contributed by atoms with Gasteiger partial charge in [-0.3, -0.25) is 13.9 Å². The van der Waals surface area contributed by atoms with E-state index in [1.54, 1.807) is 0 Å². The Balaban J connectivity index is 2.17. The molecule has 1 aliphatic rings. The summed E-state index contributed by atoms with van der Waals surface area (Å²) in [7, 11) is 2.84. The lowest BCUT2D eigenvalue weighted by Gasteiger charge is -2.20. The molecule has 0 N–H and O–H groups in total. The summed E-state index contributed by atoms with van der Waals surface area (Å²) in [5.41, 5.74) is 0.990. The Hall–Kier alpha value is -2.81. The van der Waals surface area contributed by atoms with E-state index >= 15 is 0 Å². The number of rotatable bonds is 2. The summed E-state index contributed by atoms with van der Waals surface area (Å²) in [5.74, 6) is 0.613. The van der Waals surface area contributed by atoms with Crippen LogP contribution in [0.25, 0.3) is 0 Å². The van der Waals surface area contributed by atoms with Gasteiger partial charge in [-0.2, -0.15) is 5.26 Å². The zero-order valence-corrected chi connectivity index (χ0v) is 13.1. The van der Waals surface area contributed by atoms with Crippen molar-refractivity contribution in [3.05, 3.63) is 55.7 Å². The fraction of sp³-hybridized carbons (Fsp3) is 0.353. The molecule has 0 atom stereocenters. The molecule has 6 heteroatoms. The van der Waals surface area contributed by atoms with E-state index in [4.69, 9.17) is 4.74 Å². The average molecular weight is 311 g/mol. The molecule has 0 saturated heterocycles. The van der Waals surface area contributed by atoms with E-state index in [0.29, 0.717) is 5.75 Å². The first-order valence-corrected chi connectivity index (χ1v) is 7.53. The van der Waals surface area contributed by atoms with Crippen molar-refractivity contribution in [3.63, 3.8) is 0 Å². The molecule has 0 radical (unpaired) electrons. The summed E-state index contributed by atoms with van der Waals surface area (Å²) >= 11 is 0. The molecule has 2 aromatic rings. The number of hydrogen-bond acceptors (Lipinski definition) is 4. The lowest BCUT2D eigenvalue weighted by molar-refractivity contribution is 0.414. The fourth-order valence-corrected chi connectivity index (χ4v) is 2.99. The van der Waals surface area contributed by atoms with E-state index in [1.807, 2.05) is 18.2 Å². The second kappa shape index (κ2) is 5.76. The van der Waals surface area contributed by atoms with E-state index in [1.165, 1.54) is 24.2 Å². The topological polar surface area (TPSA) is 77.0 Å². The lowest BCUT2D eigenvalue weighted by atomic mass is 9.91. The minimum Gasteiger partial charge on any atom is -0.439 e. The molecular formula is C17H17N3O3. The third-order valence-electron chi connectivity index (χ3n) is 4.28. The van der Waals surface area contributed by atoms with Crippen molar-refractivity contribution in [1.29, 1.82) is 5.26 Å². The number of benzene rings is 1. The predicted molar refractivity (Wildman–Crippen MR) is 84.8 cm³/mol. The second-order valence-electron chi connectivity index (χ2n) is 5.70. The van der Waals surface area contributed by atoms with Gasteiger partial charge < -0.3 is 4.74 Å². The molecule has 1 heterocycles. The maximum atomic E-state index is 12.1. The van der Waals surface area contributed by atoms with Crippen LogP contribution in [0.5, 0.6) is 11.6 Å². The number of hydrogen-bond donors (Lipinski definition) is 0. The van der Waals surface area contributed by atoms with Crippen LogP contribution in [-0.2, 0) is 26.9 Å². The van der Waals surface area contributed by atoms with Gasteiger partial charge in [0.25, 0.3) is 5.56 Å². The molecule has 0 amide bonds. The molecule has 0 unspecified atom stereocenters. The van der Waals surface area contributed by atoms with Crippen molar-refractivity contribution in [2.24, 2.45) is 14.1 Å². The summed E-state index contributed by atoms with van der Waals surface area (Å²) in [5, 5.41) is 9.30. The Labute approximate surface area is 133 Å². The van der Waals surface area contributed by atoms with Gasteiger partial charge in [-0.05, 0) is 42.9 Å². The van der Waals surface area contributed by atoms with Crippen LogP contribution >= 0.6 is 0 Å². The highest BCUT2D eigenvalue weighted by Crippen LogP contribution is 2.32. The van der Waals surface area contributed by atoms with Gasteiger partial charge in [0.15, 0.2) is 5.56 Å². The first-order chi connectivity index (χ1) is 11.0. The Bertz CT molecular complexity index is 932. The van der Waals surface area contributed by atoms with Crippen LogP contribution in [-0.4, -0.2) is 9.13 Å². The maximum absolute atomic E-state index is 12.1. The summed E-state index contributed by atoms with van der Waals surface area (Å²) in [4.78, 5) is 24.2. The molecule has 0 bridgehead atoms. The molecule has 1 aliphatic carbocycles. The normalized spacial score (nSPS) is 13.3. The smallest absolute Gasteiger partial charge is 0.333 e. The first-order valence-electron chi connectivity index (χ1n) is 7.53. The van der Waals surface area contributed by atoms with Crippen molar-refractivity contribution >= 4 is 0 Å². The molecule has 0 fully saturated rings. The lowest BCUT2D eigenvalue weighted by Crippen LogP contribution is -2.38. The Morgan fingerprint density at radius 1 is 1.13 bits per heavy atom. The van der Waals surface area contributed by atoms with E-state index < -0.39 is 11.2 Å². The largest absolute Gasteiger partial charge is 0.439 e. The minimum atomic E-state index is -0.643. The molecule has 1 aromatic heterocycles. The first kappa shape index (κ1) is 15.1. The summed E-state index contributed by atoms with van der Waals surface area (Å²) in [6.45, 7) is 0. The van der Waals surface area contributed by atoms with Crippen molar-refractivity contribution in [3.8, 4) is 17.7 Å². The van der Waals surface area contributed by atoms with Gasteiger partial charge in [0.05, 0.1) is 0 Å². The Morgan fingerprint density at radius 2 is 1.87 bits per heavy atom. The van der Waals surface area contributed by atoms with Gasteiger partial charge >= 0.3 is 5.69 Å². The third-order valence-corrected chi connectivity index (χ3v) is 4.28. The van der Waals surface area contributed by atoms with Crippen LogP contribution in [0.15, 0.2) is 27.8 Å². The van der Waals surface area contributed by atoms with E-state index in [9.17, 15) is 14.9 Å². The van der Waals surface area contributed by atoms with Gasteiger partial charge in [0.1, 0.15) is 11.8 Å². The number of nitrogens with zero attached hydrogens (tertiary/aromatic N) is 3. The van der Waals surface area contributed by atoms with E-state index in [0.717, 1.165) is 35.8 Å². The standard InChI is InChI=1S/C17H17N3O3/c1-19-15(21)13(10-18)16(20(2)17(19)22)23-14-9-5-7-11-6-3-4-8-12(11)14/h5,7,9H,3-4,6,8H2,1-2H3. The molecule has 6 nitrogen and oxygen atoms in total. The van der Waals surface area contributed by atoms with Crippen LogP contribution in [0.1, 0.15) is 29.5 Å². The number of fused-ring (bicyclic) bond motifs is 1. The van der Waals surface area contributed by atoms with Crippen LogP contribution in [0.4, 0.5) is 0 Å². The molecular weight excluding hydrogens is 294 g/mol. The zero-order valence-electron chi connectivity index (χ0n) is 13.1. The highest BCUT2D eigenvalue weighted by atomic mass is 16.5. The third kappa shape index (κ3) is 2.44. The maximum Gasteiger partial charge on any atom is 0.333 e. The number of aromatic nitrogens is 2. The summed E-state index contributed by atoms with van der Waals surface area (Å²) < 4.78 is 7.98. The van der Waals surface area contributed by atoms with Gasteiger partial charge in [-0.25, -0.2) is 4.79 Å². The molecule has 23 heavy (non-hydrogen) atoms. The van der Waals surface area contributed by atoms with Gasteiger partial charge in [0.2, 0.25) is 5.88 Å². The highest BCUT2D eigenvalue weighted by Gasteiger charge is 2.20. The number of ether oxygens (including phenoxy) is 1. The zero-order chi connectivity index (χ0) is 16.6. The van der Waals surface area contributed by atoms with E-state index in [2.05, 4.69) is 6.07 Å². The number of aryl methyl sites for hydroxylation is 1. The quantitative estimate of drug-likeness (QED) is 0.844. The molecule has 118 valence electrons. The molecule has 0 saturated carbocycles. The molecule has 1 aromatic carbocycles. The van der Waals surface area contributed by atoms with Crippen molar-refractivity contribution in [1.82, 2.24) is 9.13 Å². The van der Waals surface area contributed by atoms with Gasteiger partial charge in [-0.15, -0.1) is 0 Å². The van der Waals surface area contributed by atoms with Gasteiger partial charge in [0, 0.05) is 14.1 Å². The van der Waals surface area contributed by atoms with Crippen molar-refractivity contribution in [2.75, 3.05) is 0 Å². The number of nitriles is 1. The molecule has 3 rings (SSSR count). The monoisotopic (exact) mass is 311 g/mol. The SMILES string of the molecule is Cn1c(Oc2cccc3c2CCCC3)c(C#N)c(=O)n(C)c1=O. The Morgan fingerprint density at radius 3 is 2.61 bits per heavy atom. The minimum absolute atomic E-state index is 0.000395. The van der Waals surface area contributed by atoms with Crippen LogP contribution < -0.4 is 16.0 Å². The average Bonchev–Trinajstić information content (AvgIpc) is 2.58. The predicted octanol–water partition coefficient (Wildman–Crippen LogP) is 1.63. The van der Waals surface area contributed by atoms with Crippen molar-refractivity contribution < 1.29 is 4.74 Å².